The average Bonchev–Trinajstić information content (AvgIpc) is 2.70. The van der Waals surface area contributed by atoms with Crippen LogP contribution in [0.5, 0.6) is 17.2 Å². The summed E-state index contributed by atoms with van der Waals surface area (Å²) < 4.78 is 16.8. The van der Waals surface area contributed by atoms with Crippen molar-refractivity contribution in [1.82, 2.24) is 0 Å². The molecule has 1 aliphatic heterocycles. The number of rotatable bonds is 6. The molecule has 0 saturated heterocycles. The Hall–Kier alpha value is -3.15. The van der Waals surface area contributed by atoms with Crippen molar-refractivity contribution in [2.75, 3.05) is 45.1 Å². The van der Waals surface area contributed by atoms with Gasteiger partial charge in [-0.05, 0) is 36.8 Å². The lowest BCUT2D eigenvalue weighted by Crippen LogP contribution is -2.15. The Morgan fingerprint density at radius 2 is 1.86 bits per heavy atom. The fourth-order valence-corrected chi connectivity index (χ4v) is 3.15. The van der Waals surface area contributed by atoms with Gasteiger partial charge < -0.3 is 24.8 Å². The maximum Gasteiger partial charge on any atom is 0.189 e. The zero-order valence-corrected chi connectivity index (χ0v) is 16.7. The molecule has 1 heterocycles. The first-order chi connectivity index (χ1) is 13.4. The SMILES string of the molecule is CCC(=Cc1cc2c(cc1OC)OCCO2)C(=O)c1ccc(N)c(N(C)C)c1. The lowest BCUT2D eigenvalue weighted by Gasteiger charge is -2.20. The summed E-state index contributed by atoms with van der Waals surface area (Å²) in [5.74, 6) is 1.90. The van der Waals surface area contributed by atoms with E-state index in [1.54, 1.807) is 25.3 Å². The van der Waals surface area contributed by atoms with Crippen LogP contribution in [0, 0.1) is 0 Å². The molecule has 3 rings (SSSR count). The van der Waals surface area contributed by atoms with Crippen molar-refractivity contribution in [2.45, 2.75) is 13.3 Å². The molecule has 0 saturated carbocycles. The lowest BCUT2D eigenvalue weighted by molar-refractivity contribution is 0.103. The minimum absolute atomic E-state index is 0.0393. The first kappa shape index (κ1) is 19.6. The van der Waals surface area contributed by atoms with Gasteiger partial charge in [0.15, 0.2) is 17.3 Å². The summed E-state index contributed by atoms with van der Waals surface area (Å²) in [7, 11) is 5.40. The number of nitrogens with zero attached hydrogens (tertiary/aromatic N) is 1. The van der Waals surface area contributed by atoms with E-state index < -0.39 is 0 Å². The van der Waals surface area contributed by atoms with Crippen molar-refractivity contribution in [2.24, 2.45) is 0 Å². The number of methoxy groups -OCH3 is 1. The van der Waals surface area contributed by atoms with E-state index in [1.165, 1.54) is 0 Å². The number of hydrogen-bond donors (Lipinski definition) is 1. The van der Waals surface area contributed by atoms with Gasteiger partial charge in [-0.15, -0.1) is 0 Å². The fraction of sp³-hybridized carbons (Fsp3) is 0.318. The second kappa shape index (κ2) is 8.25. The molecular weight excluding hydrogens is 356 g/mol. The number of allylic oxidation sites excluding steroid dienone is 1. The third kappa shape index (κ3) is 3.91. The molecule has 0 radical (unpaired) electrons. The normalized spacial score (nSPS) is 13.2. The summed E-state index contributed by atoms with van der Waals surface area (Å²) in [6.07, 6.45) is 2.43. The molecule has 0 aromatic heterocycles. The Balaban J connectivity index is 2.00. The van der Waals surface area contributed by atoms with E-state index in [-0.39, 0.29) is 5.78 Å². The van der Waals surface area contributed by atoms with Crippen molar-refractivity contribution in [3.05, 3.63) is 47.0 Å². The lowest BCUT2D eigenvalue weighted by atomic mass is 9.97. The Kier molecular flexibility index (Phi) is 5.78. The van der Waals surface area contributed by atoms with E-state index in [9.17, 15) is 4.79 Å². The highest BCUT2D eigenvalue weighted by molar-refractivity contribution is 6.12. The van der Waals surface area contributed by atoms with Crippen LogP contribution in [0.4, 0.5) is 11.4 Å². The quantitative estimate of drug-likeness (QED) is 0.465. The average molecular weight is 382 g/mol. The van der Waals surface area contributed by atoms with E-state index in [4.69, 9.17) is 19.9 Å². The largest absolute Gasteiger partial charge is 0.496 e. The Labute approximate surface area is 165 Å². The van der Waals surface area contributed by atoms with Gasteiger partial charge in [-0.3, -0.25) is 4.79 Å². The van der Waals surface area contributed by atoms with Crippen molar-refractivity contribution in [1.29, 1.82) is 0 Å². The van der Waals surface area contributed by atoms with Crippen LogP contribution in [0.25, 0.3) is 6.08 Å². The molecule has 6 heteroatoms. The van der Waals surface area contributed by atoms with E-state index >= 15 is 0 Å². The second-order valence-corrected chi connectivity index (χ2v) is 6.76. The van der Waals surface area contributed by atoms with Crippen LogP contribution in [0.2, 0.25) is 0 Å². The highest BCUT2D eigenvalue weighted by Gasteiger charge is 2.18. The molecule has 2 aromatic rings. The van der Waals surface area contributed by atoms with Crippen LogP contribution in [-0.2, 0) is 0 Å². The van der Waals surface area contributed by atoms with Crippen molar-refractivity contribution >= 4 is 23.2 Å². The van der Waals surface area contributed by atoms with Crippen LogP contribution >= 0.6 is 0 Å². The Morgan fingerprint density at radius 1 is 1.18 bits per heavy atom. The number of carbonyl (C=O) groups excluding carboxylic acids is 1. The van der Waals surface area contributed by atoms with Gasteiger partial charge in [-0.1, -0.05) is 6.92 Å². The molecule has 148 valence electrons. The third-order valence-corrected chi connectivity index (χ3v) is 4.67. The van der Waals surface area contributed by atoms with Crippen molar-refractivity contribution in [3.63, 3.8) is 0 Å². The first-order valence-corrected chi connectivity index (χ1v) is 9.24. The number of fused-ring (bicyclic) bond motifs is 1. The molecule has 0 fully saturated rings. The predicted molar refractivity (Wildman–Crippen MR) is 112 cm³/mol. The van der Waals surface area contributed by atoms with Gasteiger partial charge in [0.2, 0.25) is 0 Å². The third-order valence-electron chi connectivity index (χ3n) is 4.67. The highest BCUT2D eigenvalue weighted by atomic mass is 16.6. The molecule has 28 heavy (non-hydrogen) atoms. The van der Waals surface area contributed by atoms with Gasteiger partial charge in [0.05, 0.1) is 18.5 Å². The molecule has 0 aliphatic carbocycles. The van der Waals surface area contributed by atoms with Crippen LogP contribution in [-0.4, -0.2) is 40.2 Å². The van der Waals surface area contributed by atoms with Crippen LogP contribution in [0.1, 0.15) is 29.3 Å². The summed E-state index contributed by atoms with van der Waals surface area (Å²) >= 11 is 0. The van der Waals surface area contributed by atoms with Gasteiger partial charge in [-0.25, -0.2) is 0 Å². The number of anilines is 2. The number of ketones is 1. The summed E-state index contributed by atoms with van der Waals surface area (Å²) in [6.45, 7) is 2.97. The standard InChI is InChI=1S/C22H26N2O4/c1-5-14(22(25)15-6-7-17(23)18(11-15)24(2)3)10-16-12-20-21(13-19(16)26-4)28-9-8-27-20/h6-7,10-13H,5,8-9,23H2,1-4H3. The summed E-state index contributed by atoms with van der Waals surface area (Å²) in [4.78, 5) is 15.0. The topological polar surface area (TPSA) is 74.0 Å². The predicted octanol–water partition coefficient (Wildman–Crippen LogP) is 3.79. The summed E-state index contributed by atoms with van der Waals surface area (Å²) in [5.41, 5.74) is 9.52. The maximum absolute atomic E-state index is 13.1. The second-order valence-electron chi connectivity index (χ2n) is 6.76. The van der Waals surface area contributed by atoms with Crippen LogP contribution in [0.15, 0.2) is 35.9 Å². The molecule has 1 aliphatic rings. The fourth-order valence-electron chi connectivity index (χ4n) is 3.15. The van der Waals surface area contributed by atoms with E-state index in [2.05, 4.69) is 0 Å². The number of nitrogen functional groups attached to an aromatic ring is 1. The summed E-state index contributed by atoms with van der Waals surface area (Å²) in [6, 6.07) is 8.99. The molecule has 0 spiro atoms. The van der Waals surface area contributed by atoms with Crippen LogP contribution < -0.4 is 24.8 Å². The number of Topliss-reactive ketones (excluding diaryl/α,β-unsaturated/α-hetero) is 1. The van der Waals surface area contributed by atoms with Gasteiger partial charge in [0, 0.05) is 36.9 Å². The van der Waals surface area contributed by atoms with E-state index in [0.717, 1.165) is 11.3 Å². The Morgan fingerprint density at radius 3 is 2.46 bits per heavy atom. The number of carbonyl (C=O) groups is 1. The molecule has 2 aromatic carbocycles. The maximum atomic E-state index is 13.1. The molecule has 0 unspecified atom stereocenters. The molecule has 0 bridgehead atoms. The minimum Gasteiger partial charge on any atom is -0.496 e. The monoisotopic (exact) mass is 382 g/mol. The Bertz CT molecular complexity index is 919. The smallest absolute Gasteiger partial charge is 0.189 e. The van der Waals surface area contributed by atoms with Crippen molar-refractivity contribution in [3.8, 4) is 17.2 Å². The van der Waals surface area contributed by atoms with Crippen molar-refractivity contribution < 1.29 is 19.0 Å². The molecular formula is C22H26N2O4. The first-order valence-electron chi connectivity index (χ1n) is 9.24. The number of benzene rings is 2. The van der Waals surface area contributed by atoms with Gasteiger partial charge >= 0.3 is 0 Å². The number of hydrogen-bond acceptors (Lipinski definition) is 6. The van der Waals surface area contributed by atoms with Crippen LogP contribution in [0.3, 0.4) is 0 Å². The van der Waals surface area contributed by atoms with Gasteiger partial charge in [0.1, 0.15) is 19.0 Å². The van der Waals surface area contributed by atoms with Gasteiger partial charge in [-0.2, -0.15) is 0 Å². The zero-order valence-electron chi connectivity index (χ0n) is 16.7. The molecule has 2 N–H and O–H groups in total. The van der Waals surface area contributed by atoms with E-state index in [0.29, 0.717) is 53.7 Å². The van der Waals surface area contributed by atoms with E-state index in [1.807, 2.05) is 44.1 Å². The number of nitrogens with two attached hydrogens (primary N) is 1. The minimum atomic E-state index is -0.0393. The molecule has 0 atom stereocenters. The number of ether oxygens (including phenoxy) is 3. The summed E-state index contributed by atoms with van der Waals surface area (Å²) in [5, 5.41) is 0. The molecule has 0 amide bonds. The molecule has 6 nitrogen and oxygen atoms in total. The highest BCUT2D eigenvalue weighted by Crippen LogP contribution is 2.38. The van der Waals surface area contributed by atoms with Gasteiger partial charge in [0.25, 0.3) is 0 Å². The zero-order chi connectivity index (χ0) is 20.3.